The van der Waals surface area contributed by atoms with E-state index >= 15 is 0 Å². The van der Waals surface area contributed by atoms with Crippen LogP contribution in [0, 0.1) is 0 Å². The lowest BCUT2D eigenvalue weighted by Crippen LogP contribution is -2.21. The molecule has 0 radical (unpaired) electrons. The van der Waals surface area contributed by atoms with Gasteiger partial charge in [0.15, 0.2) is 0 Å². The number of aromatic hydroxyl groups is 1. The van der Waals surface area contributed by atoms with E-state index in [0.29, 0.717) is 13.2 Å². The van der Waals surface area contributed by atoms with E-state index < -0.39 is 16.7 Å². The predicted molar refractivity (Wildman–Crippen MR) is 86.5 cm³/mol. The number of rotatable bonds is 6. The second kappa shape index (κ2) is 9.57. The molecule has 0 aliphatic heterocycles. The fourth-order valence-electron chi connectivity index (χ4n) is 1.21. The zero-order valence-electron chi connectivity index (χ0n) is 12.9. The van der Waals surface area contributed by atoms with Crippen LogP contribution in [0.25, 0.3) is 0 Å². The third-order valence-electron chi connectivity index (χ3n) is 2.17. The van der Waals surface area contributed by atoms with Crippen molar-refractivity contribution in [1.82, 2.24) is 4.31 Å². The maximum Gasteiger partial charge on any atom is 0.242 e. The Morgan fingerprint density at radius 2 is 1.77 bits per heavy atom. The molecule has 0 spiro atoms. The van der Waals surface area contributed by atoms with Crippen LogP contribution in [0.4, 0.5) is 0 Å². The van der Waals surface area contributed by atoms with Crippen molar-refractivity contribution in [2.24, 2.45) is 0 Å². The van der Waals surface area contributed by atoms with Crippen LogP contribution in [0.5, 0.6) is 5.75 Å². The van der Waals surface area contributed by atoms with E-state index in [0.717, 1.165) is 4.31 Å². The molecular weight excluding hydrogens is 349 g/mol. The molecule has 1 rings (SSSR count). The topological polar surface area (TPSA) is 99.1 Å². The molecule has 0 aromatic heterocycles. The van der Waals surface area contributed by atoms with E-state index in [1.165, 1.54) is 38.4 Å². The molecule has 0 amide bonds. The Bertz CT molecular complexity index is 595. The molecule has 1 aromatic carbocycles. The van der Waals surface area contributed by atoms with Crippen LogP contribution in [0.3, 0.4) is 0 Å². The minimum atomic E-state index is -3.43. The molecule has 7 nitrogen and oxygen atoms in total. The summed E-state index contributed by atoms with van der Waals surface area (Å²) in [7, 11) is -0.538. The highest BCUT2D eigenvalue weighted by Gasteiger charge is 2.16. The Balaban J connectivity index is 0.000000433. The van der Waals surface area contributed by atoms with Crippen LogP contribution in [-0.2, 0) is 30.9 Å². The zero-order valence-corrected chi connectivity index (χ0v) is 15.5. The van der Waals surface area contributed by atoms with Crippen molar-refractivity contribution < 1.29 is 27.5 Å². The van der Waals surface area contributed by atoms with Gasteiger partial charge in [-0.15, -0.1) is 0 Å². The molecule has 0 bridgehead atoms. The zero-order chi connectivity index (χ0) is 17.4. The first kappa shape index (κ1) is 21.5. The summed E-state index contributed by atoms with van der Waals surface area (Å²) < 4.78 is 33.3. The van der Waals surface area contributed by atoms with Crippen molar-refractivity contribution in [1.29, 1.82) is 0 Å². The monoisotopic (exact) mass is 370 g/mol. The summed E-state index contributed by atoms with van der Waals surface area (Å²) in [5.41, 5.74) is 0. The number of hydrogen-bond donors (Lipinski definition) is 1. The standard InChI is InChI=1S/C8H11NO3S.C4H11O3PS/c1-9(2)13(11,12)8-5-3-4-7(10)6-8;1-3-6-8(5,9)7-4-2/h3-6,10H,1-2H3;3-4H2,1-2H3,(H,5,9)/p-1. The van der Waals surface area contributed by atoms with Crippen molar-refractivity contribution in [3.05, 3.63) is 24.3 Å². The first-order valence-corrected chi connectivity index (χ1v) is 10.4. The van der Waals surface area contributed by atoms with E-state index in [9.17, 15) is 13.3 Å². The SMILES string of the molecule is CCOP([O-])(=S)OCC.CN(C)S(=O)(=O)c1cccc(O)c1. The highest BCUT2D eigenvalue weighted by Crippen LogP contribution is 2.37. The van der Waals surface area contributed by atoms with E-state index in [-0.39, 0.29) is 10.6 Å². The molecule has 0 saturated carbocycles. The molecule has 0 fully saturated rings. The molecule has 0 aliphatic rings. The van der Waals surface area contributed by atoms with Crippen LogP contribution in [0.2, 0.25) is 0 Å². The Labute approximate surface area is 136 Å². The van der Waals surface area contributed by atoms with Crippen molar-refractivity contribution in [3.8, 4) is 5.75 Å². The van der Waals surface area contributed by atoms with Crippen molar-refractivity contribution >= 4 is 28.5 Å². The summed E-state index contributed by atoms with van der Waals surface area (Å²) in [5, 5.41) is 9.08. The predicted octanol–water partition coefficient (Wildman–Crippen LogP) is 1.29. The van der Waals surface area contributed by atoms with Crippen LogP contribution in [0.1, 0.15) is 13.8 Å². The normalized spacial score (nSPS) is 11.9. The number of hydrogen-bond acceptors (Lipinski definition) is 7. The molecule has 0 heterocycles. The number of phenols is 1. The maximum atomic E-state index is 11.5. The molecule has 1 N–H and O–H groups in total. The minimum absolute atomic E-state index is 0.0528. The van der Waals surface area contributed by atoms with Gasteiger partial charge < -0.3 is 19.0 Å². The molecule has 0 unspecified atom stereocenters. The number of benzene rings is 1. The van der Waals surface area contributed by atoms with Gasteiger partial charge in [0.1, 0.15) is 12.5 Å². The summed E-state index contributed by atoms with van der Waals surface area (Å²) in [6.07, 6.45) is 0. The molecule has 1 aromatic rings. The van der Waals surface area contributed by atoms with E-state index in [1.54, 1.807) is 13.8 Å². The molecule has 128 valence electrons. The van der Waals surface area contributed by atoms with Gasteiger partial charge in [0.2, 0.25) is 10.0 Å². The van der Waals surface area contributed by atoms with Crippen LogP contribution < -0.4 is 4.89 Å². The Kier molecular flexibility index (Phi) is 9.33. The first-order valence-electron chi connectivity index (χ1n) is 6.38. The van der Waals surface area contributed by atoms with Crippen LogP contribution >= 0.6 is 6.72 Å². The molecule has 0 saturated heterocycles. The third kappa shape index (κ3) is 7.64. The fraction of sp³-hybridized carbons (Fsp3) is 0.500. The van der Waals surface area contributed by atoms with Crippen molar-refractivity contribution in [3.63, 3.8) is 0 Å². The fourth-order valence-corrected chi connectivity index (χ4v) is 3.49. The average Bonchev–Trinajstić information content (AvgIpc) is 2.39. The lowest BCUT2D eigenvalue weighted by atomic mass is 10.3. The second-order valence-electron chi connectivity index (χ2n) is 4.07. The number of sulfonamides is 1. The van der Waals surface area contributed by atoms with E-state index in [2.05, 4.69) is 20.9 Å². The van der Waals surface area contributed by atoms with Gasteiger partial charge in [-0.05, 0) is 32.0 Å². The van der Waals surface area contributed by atoms with Gasteiger partial charge in [0.05, 0.1) is 18.1 Å². The van der Waals surface area contributed by atoms with Gasteiger partial charge >= 0.3 is 0 Å². The van der Waals surface area contributed by atoms with Crippen molar-refractivity contribution in [2.75, 3.05) is 27.3 Å². The smallest absolute Gasteiger partial charge is 0.242 e. The maximum absolute atomic E-state index is 11.5. The largest absolute Gasteiger partial charge is 0.780 e. The van der Waals surface area contributed by atoms with Crippen LogP contribution in [-0.4, -0.2) is 45.1 Å². The summed E-state index contributed by atoms with van der Waals surface area (Å²) in [6, 6.07) is 5.57. The summed E-state index contributed by atoms with van der Waals surface area (Å²) in [6.45, 7) is 0.999. The summed E-state index contributed by atoms with van der Waals surface area (Å²) >= 11 is 4.45. The van der Waals surface area contributed by atoms with Gasteiger partial charge in [0, 0.05) is 14.1 Å². The lowest BCUT2D eigenvalue weighted by Gasteiger charge is -2.25. The van der Waals surface area contributed by atoms with Crippen molar-refractivity contribution in [2.45, 2.75) is 18.7 Å². The number of phenolic OH excluding ortho intramolecular Hbond substituents is 1. The third-order valence-corrected chi connectivity index (χ3v) is 5.76. The lowest BCUT2D eigenvalue weighted by molar-refractivity contribution is -0.205. The average molecular weight is 370 g/mol. The summed E-state index contributed by atoms with van der Waals surface area (Å²) in [5.74, 6) is -0.0528. The highest BCUT2D eigenvalue weighted by atomic mass is 32.5. The first-order chi connectivity index (χ1) is 10.1. The number of nitrogens with zero attached hydrogens (tertiary/aromatic N) is 1. The Morgan fingerprint density at radius 3 is 2.14 bits per heavy atom. The van der Waals surface area contributed by atoms with Crippen LogP contribution in [0.15, 0.2) is 29.2 Å². The molecule has 0 aliphatic carbocycles. The summed E-state index contributed by atoms with van der Waals surface area (Å²) in [4.78, 5) is 10.9. The Morgan fingerprint density at radius 1 is 1.27 bits per heavy atom. The van der Waals surface area contributed by atoms with Gasteiger partial charge in [0.25, 0.3) is 0 Å². The minimum Gasteiger partial charge on any atom is -0.780 e. The Hall–Kier alpha value is -0.540. The van der Waals surface area contributed by atoms with Gasteiger partial charge in [-0.3, -0.25) is 0 Å². The quantitative estimate of drug-likeness (QED) is 0.753. The van der Waals surface area contributed by atoms with Gasteiger partial charge in [-0.2, -0.15) is 0 Å². The van der Waals surface area contributed by atoms with Gasteiger partial charge in [-0.1, -0.05) is 17.9 Å². The molecule has 0 atom stereocenters. The van der Waals surface area contributed by atoms with E-state index in [4.69, 9.17) is 5.11 Å². The highest BCUT2D eigenvalue weighted by molar-refractivity contribution is 8.06. The molecular formula is C12H21NO6PS2-. The van der Waals surface area contributed by atoms with Gasteiger partial charge in [-0.25, -0.2) is 12.7 Å². The molecule has 22 heavy (non-hydrogen) atoms. The molecule has 10 heteroatoms. The second-order valence-corrected chi connectivity index (χ2v) is 8.97. The van der Waals surface area contributed by atoms with E-state index in [1.807, 2.05) is 0 Å².